The number of rotatable bonds is 9. The third-order valence-electron chi connectivity index (χ3n) is 2.28. The third kappa shape index (κ3) is 8.60. The predicted molar refractivity (Wildman–Crippen MR) is 64.9 cm³/mol. The standard InChI is InChI=1S/C12H18N2O5/c1-2-19-11(16)7-6-10(15)14-9(12(17)18)5-3-4-8-13/h9H,2-7H2,1H3,(H,14,15)(H,17,18)/t9-/m0/s1. The molecule has 0 aromatic heterocycles. The van der Waals surface area contributed by atoms with Crippen molar-refractivity contribution in [3.05, 3.63) is 0 Å². The van der Waals surface area contributed by atoms with Crippen LogP contribution in [0.15, 0.2) is 0 Å². The number of esters is 1. The first-order valence-electron chi connectivity index (χ1n) is 6.06. The van der Waals surface area contributed by atoms with Crippen molar-refractivity contribution in [3.63, 3.8) is 0 Å². The first kappa shape index (κ1) is 16.9. The molecule has 0 aliphatic heterocycles. The molecule has 7 nitrogen and oxygen atoms in total. The van der Waals surface area contributed by atoms with Crippen LogP contribution >= 0.6 is 0 Å². The van der Waals surface area contributed by atoms with Crippen LogP contribution in [0.4, 0.5) is 0 Å². The Hall–Kier alpha value is -2.10. The number of aliphatic carboxylic acids is 1. The van der Waals surface area contributed by atoms with Gasteiger partial charge in [0.1, 0.15) is 6.04 Å². The number of nitrogens with zero attached hydrogens (tertiary/aromatic N) is 1. The lowest BCUT2D eigenvalue weighted by molar-refractivity contribution is -0.145. The summed E-state index contributed by atoms with van der Waals surface area (Å²) in [5.41, 5.74) is 0. The van der Waals surface area contributed by atoms with Crippen molar-refractivity contribution in [1.82, 2.24) is 5.32 Å². The van der Waals surface area contributed by atoms with Gasteiger partial charge in [0.15, 0.2) is 0 Å². The van der Waals surface area contributed by atoms with Crippen molar-refractivity contribution in [3.8, 4) is 6.07 Å². The molecule has 2 N–H and O–H groups in total. The van der Waals surface area contributed by atoms with Crippen LogP contribution in [0.3, 0.4) is 0 Å². The van der Waals surface area contributed by atoms with Gasteiger partial charge in [0.25, 0.3) is 0 Å². The zero-order chi connectivity index (χ0) is 14.7. The topological polar surface area (TPSA) is 116 Å². The number of nitriles is 1. The van der Waals surface area contributed by atoms with Crippen LogP contribution in [-0.2, 0) is 19.1 Å². The lowest BCUT2D eigenvalue weighted by Crippen LogP contribution is -2.40. The molecule has 0 aromatic carbocycles. The minimum absolute atomic E-state index is 0.0792. The minimum atomic E-state index is -1.15. The summed E-state index contributed by atoms with van der Waals surface area (Å²) in [6.07, 6.45) is 0.632. The van der Waals surface area contributed by atoms with E-state index in [0.29, 0.717) is 6.42 Å². The Morgan fingerprint density at radius 1 is 1.37 bits per heavy atom. The minimum Gasteiger partial charge on any atom is -0.480 e. The van der Waals surface area contributed by atoms with Crippen LogP contribution in [0, 0.1) is 11.3 Å². The highest BCUT2D eigenvalue weighted by Crippen LogP contribution is 2.02. The Kier molecular flexibility index (Phi) is 8.79. The Morgan fingerprint density at radius 2 is 2.05 bits per heavy atom. The Labute approximate surface area is 111 Å². The van der Waals surface area contributed by atoms with E-state index in [-0.39, 0.29) is 32.3 Å². The van der Waals surface area contributed by atoms with E-state index in [2.05, 4.69) is 10.1 Å². The van der Waals surface area contributed by atoms with E-state index in [1.807, 2.05) is 6.07 Å². The maximum Gasteiger partial charge on any atom is 0.326 e. The summed E-state index contributed by atoms with van der Waals surface area (Å²) >= 11 is 0. The molecule has 1 amide bonds. The Bertz CT molecular complexity index is 362. The van der Waals surface area contributed by atoms with E-state index >= 15 is 0 Å². The number of unbranched alkanes of at least 4 members (excludes halogenated alkanes) is 1. The fourth-order valence-corrected chi connectivity index (χ4v) is 1.36. The summed E-state index contributed by atoms with van der Waals surface area (Å²) in [6, 6.07) is 0.878. The van der Waals surface area contributed by atoms with E-state index < -0.39 is 23.9 Å². The van der Waals surface area contributed by atoms with Crippen LogP contribution < -0.4 is 5.32 Å². The number of carbonyl (C=O) groups is 3. The molecule has 0 unspecified atom stereocenters. The third-order valence-corrected chi connectivity index (χ3v) is 2.28. The van der Waals surface area contributed by atoms with Crippen LogP contribution in [0.25, 0.3) is 0 Å². The second-order valence-corrected chi connectivity index (χ2v) is 3.81. The fraction of sp³-hybridized carbons (Fsp3) is 0.667. The average molecular weight is 270 g/mol. The van der Waals surface area contributed by atoms with Gasteiger partial charge >= 0.3 is 11.9 Å². The van der Waals surface area contributed by atoms with E-state index in [1.54, 1.807) is 6.92 Å². The molecule has 0 saturated heterocycles. The molecule has 0 spiro atoms. The highest BCUT2D eigenvalue weighted by atomic mass is 16.5. The van der Waals surface area contributed by atoms with Crippen LogP contribution in [-0.4, -0.2) is 35.6 Å². The number of carbonyl (C=O) groups excluding carboxylic acids is 2. The SMILES string of the molecule is CCOC(=O)CCC(=O)N[C@@H](CCCC#N)C(=O)O. The molecule has 0 radical (unpaired) electrons. The van der Waals surface area contributed by atoms with Gasteiger partial charge in [0.2, 0.25) is 5.91 Å². The summed E-state index contributed by atoms with van der Waals surface area (Å²) in [7, 11) is 0. The van der Waals surface area contributed by atoms with Crippen LogP contribution in [0.5, 0.6) is 0 Å². The van der Waals surface area contributed by atoms with Crippen molar-refractivity contribution >= 4 is 17.8 Å². The molecular weight excluding hydrogens is 252 g/mol. The summed E-state index contributed by atoms with van der Waals surface area (Å²) in [5.74, 6) is -2.16. The second kappa shape index (κ2) is 9.88. The molecule has 0 aliphatic rings. The van der Waals surface area contributed by atoms with Gasteiger partial charge in [-0.3, -0.25) is 9.59 Å². The van der Waals surface area contributed by atoms with Crippen molar-refractivity contribution in [2.24, 2.45) is 0 Å². The molecule has 0 heterocycles. The smallest absolute Gasteiger partial charge is 0.326 e. The largest absolute Gasteiger partial charge is 0.480 e. The number of carboxylic acids is 1. The Balaban J connectivity index is 4.07. The zero-order valence-corrected chi connectivity index (χ0v) is 10.8. The number of carboxylic acid groups (broad SMARTS) is 1. The van der Waals surface area contributed by atoms with E-state index in [9.17, 15) is 14.4 Å². The normalized spacial score (nSPS) is 11.2. The van der Waals surface area contributed by atoms with Gasteiger partial charge < -0.3 is 15.2 Å². The molecular formula is C12H18N2O5. The predicted octanol–water partition coefficient (Wildman–Crippen LogP) is 0.593. The Morgan fingerprint density at radius 3 is 2.58 bits per heavy atom. The molecule has 0 saturated carbocycles. The molecule has 106 valence electrons. The first-order chi connectivity index (χ1) is 9.01. The summed E-state index contributed by atoms with van der Waals surface area (Å²) in [5, 5.41) is 19.6. The number of amides is 1. The molecule has 0 aromatic rings. The van der Waals surface area contributed by atoms with Gasteiger partial charge in [-0.25, -0.2) is 4.79 Å². The zero-order valence-electron chi connectivity index (χ0n) is 10.8. The van der Waals surface area contributed by atoms with Gasteiger partial charge in [0, 0.05) is 12.8 Å². The van der Waals surface area contributed by atoms with E-state index in [0.717, 1.165) is 0 Å². The number of nitrogens with one attached hydrogen (secondary N) is 1. The van der Waals surface area contributed by atoms with E-state index in [4.69, 9.17) is 10.4 Å². The number of hydrogen-bond donors (Lipinski definition) is 2. The molecule has 1 atom stereocenters. The highest BCUT2D eigenvalue weighted by molar-refractivity contribution is 5.85. The number of hydrogen-bond acceptors (Lipinski definition) is 5. The molecule has 0 fully saturated rings. The van der Waals surface area contributed by atoms with Crippen LogP contribution in [0.2, 0.25) is 0 Å². The van der Waals surface area contributed by atoms with Gasteiger partial charge in [0.05, 0.1) is 19.1 Å². The van der Waals surface area contributed by atoms with E-state index in [1.165, 1.54) is 0 Å². The van der Waals surface area contributed by atoms with Crippen molar-refractivity contribution in [1.29, 1.82) is 5.26 Å². The monoisotopic (exact) mass is 270 g/mol. The maximum atomic E-state index is 11.5. The molecule has 0 aliphatic carbocycles. The summed E-state index contributed by atoms with van der Waals surface area (Å²) in [4.78, 5) is 33.4. The van der Waals surface area contributed by atoms with Crippen LogP contribution in [0.1, 0.15) is 39.0 Å². The maximum absolute atomic E-state index is 11.5. The average Bonchev–Trinajstić information content (AvgIpc) is 2.35. The summed E-state index contributed by atoms with van der Waals surface area (Å²) < 4.78 is 4.65. The van der Waals surface area contributed by atoms with Gasteiger partial charge in [-0.2, -0.15) is 5.26 Å². The lowest BCUT2D eigenvalue weighted by atomic mass is 10.1. The molecule has 0 rings (SSSR count). The van der Waals surface area contributed by atoms with Gasteiger partial charge in [-0.1, -0.05) is 0 Å². The molecule has 7 heteroatoms. The highest BCUT2D eigenvalue weighted by Gasteiger charge is 2.19. The van der Waals surface area contributed by atoms with Crippen molar-refractivity contribution in [2.45, 2.75) is 45.1 Å². The first-order valence-corrected chi connectivity index (χ1v) is 6.06. The quantitative estimate of drug-likeness (QED) is 0.468. The number of ether oxygens (including phenoxy) is 1. The summed E-state index contributed by atoms with van der Waals surface area (Å²) in [6.45, 7) is 1.90. The van der Waals surface area contributed by atoms with Crippen molar-refractivity contribution in [2.75, 3.05) is 6.61 Å². The van der Waals surface area contributed by atoms with Crippen molar-refractivity contribution < 1.29 is 24.2 Å². The fourth-order valence-electron chi connectivity index (χ4n) is 1.36. The van der Waals surface area contributed by atoms with Gasteiger partial charge in [-0.05, 0) is 19.8 Å². The second-order valence-electron chi connectivity index (χ2n) is 3.81. The molecule has 19 heavy (non-hydrogen) atoms. The lowest BCUT2D eigenvalue weighted by Gasteiger charge is -2.13. The van der Waals surface area contributed by atoms with Gasteiger partial charge in [-0.15, -0.1) is 0 Å². The molecule has 0 bridgehead atoms.